The molecule has 2 rings (SSSR count). The number of aryl methyl sites for hydroxylation is 2. The van der Waals surface area contributed by atoms with Crippen molar-refractivity contribution < 1.29 is 11.0 Å². The van der Waals surface area contributed by atoms with E-state index in [1.165, 1.54) is 19.4 Å². The lowest BCUT2D eigenvalue weighted by atomic mass is 10.1. The number of nitrogens with one attached hydrogen (secondary N) is 2. The number of hydrogen-bond acceptors (Lipinski definition) is 4. The number of imidazole rings is 1. The lowest BCUT2D eigenvalue weighted by Crippen LogP contribution is -2.34. The van der Waals surface area contributed by atoms with Gasteiger partial charge in [0, 0.05) is 46.5 Å². The first-order valence-corrected chi connectivity index (χ1v) is 15.4. The summed E-state index contributed by atoms with van der Waals surface area (Å²) in [7, 11) is 1.66. The highest BCUT2D eigenvalue weighted by molar-refractivity contribution is 5.97. The summed E-state index contributed by atoms with van der Waals surface area (Å²) < 4.78 is 2.20. The molecule has 0 atom stereocenters. The van der Waals surface area contributed by atoms with Crippen LogP contribution < -0.4 is 10.6 Å². The maximum atomic E-state index is 13.4. The van der Waals surface area contributed by atoms with Crippen LogP contribution in [-0.4, -0.2) is 59.5 Å². The lowest BCUT2D eigenvalue weighted by molar-refractivity contribution is -0.120. The van der Waals surface area contributed by atoms with E-state index in [1.54, 1.807) is 7.05 Å². The fraction of sp³-hybridized carbons (Fsp3) is 0.719. The van der Waals surface area contributed by atoms with Gasteiger partial charge in [-0.2, -0.15) is 0 Å². The third-order valence-electron chi connectivity index (χ3n) is 6.86. The van der Waals surface area contributed by atoms with Crippen LogP contribution in [0.4, 0.5) is 0 Å². The number of amides is 2. The molecule has 0 saturated heterocycles. The van der Waals surface area contributed by atoms with E-state index in [0.29, 0.717) is 24.7 Å². The molecule has 0 aliphatic heterocycles. The minimum absolute atomic E-state index is 0. The summed E-state index contributed by atoms with van der Waals surface area (Å²) >= 11 is 0. The molecule has 0 aliphatic carbocycles. The van der Waals surface area contributed by atoms with Gasteiger partial charge in [-0.3, -0.25) is 9.59 Å². The van der Waals surface area contributed by atoms with Crippen LogP contribution in [0.2, 0.25) is 0 Å². The third kappa shape index (κ3) is 13.0. The smallest absolute Gasteiger partial charge is 0.253 e. The van der Waals surface area contributed by atoms with Gasteiger partial charge in [0.1, 0.15) is 5.82 Å². The molecule has 1 aromatic carbocycles. The van der Waals surface area contributed by atoms with Gasteiger partial charge in [0.25, 0.3) is 5.91 Å². The van der Waals surface area contributed by atoms with Crippen LogP contribution in [0.3, 0.4) is 0 Å². The van der Waals surface area contributed by atoms with Gasteiger partial charge in [0.2, 0.25) is 5.91 Å². The van der Waals surface area contributed by atoms with E-state index in [2.05, 4.69) is 63.7 Å². The summed E-state index contributed by atoms with van der Waals surface area (Å²) in [6, 6.07) is 5.86. The van der Waals surface area contributed by atoms with E-state index in [9.17, 15) is 9.59 Å². The number of fused-ring (bicyclic) bond motifs is 1. The normalized spacial score (nSPS) is 11.1. The van der Waals surface area contributed by atoms with Gasteiger partial charge in [-0.25, -0.2) is 4.98 Å². The Labute approximate surface area is 240 Å². The Kier molecular flexibility index (Phi) is 17.4. The summed E-state index contributed by atoms with van der Waals surface area (Å²) in [4.78, 5) is 32.0. The number of aromatic nitrogens is 2. The molecule has 7 nitrogen and oxygen atoms in total. The van der Waals surface area contributed by atoms with E-state index >= 15 is 0 Å². The molecule has 0 saturated carbocycles. The number of carbonyl (C=O) groups is 2. The third-order valence-corrected chi connectivity index (χ3v) is 6.86. The maximum absolute atomic E-state index is 13.4. The Hall–Kier alpha value is -2.41. The highest BCUT2D eigenvalue weighted by atomic mass is 16.2. The number of hydrogen-bond donors (Lipinski definition) is 2. The second-order valence-electron chi connectivity index (χ2n) is 11.3. The van der Waals surface area contributed by atoms with Crippen molar-refractivity contribution in [2.24, 2.45) is 11.8 Å². The Morgan fingerprint density at radius 2 is 1.64 bits per heavy atom. The molecular formula is C32H59N5O2. The molecule has 224 valence electrons. The molecule has 7 heteroatoms. The topological polar surface area (TPSA) is 79.3 Å². The number of nitrogens with zero attached hydrogens (tertiary/aromatic N) is 3. The summed E-state index contributed by atoms with van der Waals surface area (Å²) in [5.41, 5.74) is 2.60. The number of unbranched alkanes of at least 4 members (excludes halogenated alkanes) is 2. The van der Waals surface area contributed by atoms with Crippen molar-refractivity contribution in [3.8, 4) is 0 Å². The molecule has 2 amide bonds. The van der Waals surface area contributed by atoms with Crippen molar-refractivity contribution in [3.63, 3.8) is 0 Å². The molecule has 1 aromatic heterocycles. The molecular weight excluding hydrogens is 486 g/mol. The van der Waals surface area contributed by atoms with Gasteiger partial charge in [-0.05, 0) is 68.8 Å². The minimum atomic E-state index is 0. The summed E-state index contributed by atoms with van der Waals surface area (Å²) in [5.74, 6) is 2.15. The van der Waals surface area contributed by atoms with Gasteiger partial charge < -0.3 is 20.1 Å². The monoisotopic (exact) mass is 545 g/mol. The zero-order chi connectivity index (χ0) is 29.2. The highest BCUT2D eigenvalue weighted by Gasteiger charge is 2.19. The predicted molar refractivity (Wildman–Crippen MR) is 167 cm³/mol. The van der Waals surface area contributed by atoms with Crippen molar-refractivity contribution in [2.45, 2.75) is 106 Å². The van der Waals surface area contributed by atoms with Gasteiger partial charge in [0.05, 0.1) is 11.0 Å². The minimum Gasteiger partial charge on any atom is -0.359 e. The molecule has 0 fully saturated rings. The van der Waals surface area contributed by atoms with Crippen molar-refractivity contribution in [2.75, 3.05) is 33.2 Å². The van der Waals surface area contributed by atoms with Crippen LogP contribution in [0, 0.1) is 11.8 Å². The SMILES string of the molecule is CCCCNCC.CCCCn1c(CCC(=O)NC)nc2ccc(C(=O)N(CCC(C)C)CCC(C)C)cc21.[HH]. The van der Waals surface area contributed by atoms with E-state index in [0.717, 1.165) is 74.3 Å². The highest BCUT2D eigenvalue weighted by Crippen LogP contribution is 2.22. The van der Waals surface area contributed by atoms with Crippen LogP contribution in [0.15, 0.2) is 18.2 Å². The Bertz CT molecular complexity index is 958. The summed E-state index contributed by atoms with van der Waals surface area (Å²) in [6.45, 7) is 20.0. The van der Waals surface area contributed by atoms with Crippen LogP contribution in [0.5, 0.6) is 0 Å². The first kappa shape index (κ1) is 34.6. The number of benzene rings is 1. The molecule has 0 radical (unpaired) electrons. The Balaban J connectivity index is 0.00000168. The second-order valence-corrected chi connectivity index (χ2v) is 11.3. The van der Waals surface area contributed by atoms with Crippen LogP contribution in [0.1, 0.15) is 111 Å². The van der Waals surface area contributed by atoms with Crippen molar-refractivity contribution in [1.82, 2.24) is 25.1 Å². The van der Waals surface area contributed by atoms with Crippen LogP contribution in [-0.2, 0) is 17.8 Å². The van der Waals surface area contributed by atoms with Crippen molar-refractivity contribution in [3.05, 3.63) is 29.6 Å². The van der Waals surface area contributed by atoms with Crippen molar-refractivity contribution >= 4 is 22.8 Å². The zero-order valence-corrected chi connectivity index (χ0v) is 26.2. The summed E-state index contributed by atoms with van der Waals surface area (Å²) in [6.07, 6.45) is 7.73. The largest absolute Gasteiger partial charge is 0.359 e. The van der Waals surface area contributed by atoms with Gasteiger partial charge >= 0.3 is 0 Å². The standard InChI is InChI=1S/C26H42N4O2.C6H15N.H2/c1-7-8-15-30-23-18-21(9-10-22(23)28-24(30)11-12-25(31)27-6)26(32)29(16-13-19(2)3)17-14-20(4)5;1-3-5-6-7-4-2;/h9-10,18-20H,7-8,11-17H2,1-6H3,(H,27,31);7H,3-6H2,1-2H3;1H. The number of carbonyl (C=O) groups excluding carboxylic acids is 2. The lowest BCUT2D eigenvalue weighted by Gasteiger charge is -2.24. The van der Waals surface area contributed by atoms with E-state index in [-0.39, 0.29) is 13.2 Å². The Morgan fingerprint density at radius 3 is 2.18 bits per heavy atom. The zero-order valence-electron chi connectivity index (χ0n) is 26.2. The fourth-order valence-electron chi connectivity index (χ4n) is 4.22. The first-order valence-electron chi connectivity index (χ1n) is 15.4. The van der Waals surface area contributed by atoms with E-state index in [4.69, 9.17) is 4.98 Å². The van der Waals surface area contributed by atoms with Crippen LogP contribution in [0.25, 0.3) is 11.0 Å². The molecule has 1 heterocycles. The van der Waals surface area contributed by atoms with Crippen LogP contribution >= 0.6 is 0 Å². The first-order chi connectivity index (χ1) is 18.7. The summed E-state index contributed by atoms with van der Waals surface area (Å²) in [5, 5.41) is 5.93. The van der Waals surface area contributed by atoms with E-state index < -0.39 is 0 Å². The van der Waals surface area contributed by atoms with E-state index in [1.807, 2.05) is 23.1 Å². The fourth-order valence-corrected chi connectivity index (χ4v) is 4.22. The maximum Gasteiger partial charge on any atom is 0.253 e. The average molecular weight is 546 g/mol. The molecule has 2 aromatic rings. The molecule has 0 spiro atoms. The quantitative estimate of drug-likeness (QED) is 0.217. The molecule has 39 heavy (non-hydrogen) atoms. The average Bonchev–Trinajstić information content (AvgIpc) is 3.27. The van der Waals surface area contributed by atoms with Gasteiger partial charge in [0.15, 0.2) is 0 Å². The van der Waals surface area contributed by atoms with Gasteiger partial charge in [-0.15, -0.1) is 0 Å². The molecule has 2 N–H and O–H groups in total. The molecule has 0 bridgehead atoms. The number of rotatable bonds is 17. The van der Waals surface area contributed by atoms with Crippen molar-refractivity contribution in [1.29, 1.82) is 0 Å². The molecule has 0 aliphatic rings. The second kappa shape index (κ2) is 19.6. The predicted octanol–water partition coefficient (Wildman–Crippen LogP) is 6.69. The molecule has 0 unspecified atom stereocenters. The van der Waals surface area contributed by atoms with Gasteiger partial charge in [-0.1, -0.05) is 61.3 Å². The Morgan fingerprint density at radius 1 is 1.00 bits per heavy atom.